The van der Waals surface area contributed by atoms with Crippen molar-refractivity contribution in [2.24, 2.45) is 11.8 Å². The van der Waals surface area contributed by atoms with Crippen molar-refractivity contribution in [3.8, 4) is 5.75 Å². The number of aryl methyl sites for hydroxylation is 1. The topological polar surface area (TPSA) is 9.23 Å². The molecule has 0 heterocycles. The van der Waals surface area contributed by atoms with Gasteiger partial charge in [-0.2, -0.15) is 0 Å². The summed E-state index contributed by atoms with van der Waals surface area (Å²) in [5.74, 6) is -8.06. The molecular formula is C26H29Cl2F5OTi. The summed E-state index contributed by atoms with van der Waals surface area (Å²) in [6, 6.07) is 4.19. The van der Waals surface area contributed by atoms with E-state index in [1.54, 1.807) is 6.08 Å². The maximum Gasteiger partial charge on any atom is -0.147 e. The molecule has 1 aliphatic carbocycles. The van der Waals surface area contributed by atoms with Gasteiger partial charge < -0.3 is 0 Å². The van der Waals surface area contributed by atoms with Crippen LogP contribution in [0.1, 0.15) is 56.4 Å². The molecule has 0 radical (unpaired) electrons. The van der Waals surface area contributed by atoms with E-state index in [-0.39, 0.29) is 30.4 Å². The zero-order valence-electron chi connectivity index (χ0n) is 20.2. The van der Waals surface area contributed by atoms with E-state index in [1.807, 2.05) is 6.92 Å². The van der Waals surface area contributed by atoms with Crippen LogP contribution in [-0.4, -0.2) is 0 Å². The molecule has 0 saturated carbocycles. The van der Waals surface area contributed by atoms with E-state index >= 15 is 0 Å². The Morgan fingerprint density at radius 2 is 1.26 bits per heavy atom. The van der Waals surface area contributed by atoms with E-state index in [1.165, 1.54) is 6.08 Å². The van der Waals surface area contributed by atoms with Crippen LogP contribution in [0.25, 0.3) is 5.57 Å². The maximum atomic E-state index is 14.4. The largest absolute Gasteiger partial charge is 0.147 e. The average Bonchev–Trinajstić information content (AvgIpc) is 3.17. The molecule has 0 spiro atoms. The Hall–Kier alpha value is -1.34. The smallest absolute Gasteiger partial charge is 0.147 e. The molecule has 192 valence electrons. The van der Waals surface area contributed by atoms with Crippen molar-refractivity contribution in [2.75, 3.05) is 0 Å². The molecule has 9 heteroatoms. The van der Waals surface area contributed by atoms with Gasteiger partial charge in [-0.05, 0) is 0 Å². The van der Waals surface area contributed by atoms with Crippen molar-refractivity contribution in [3.05, 3.63) is 79.5 Å². The van der Waals surface area contributed by atoms with Crippen LogP contribution in [0.3, 0.4) is 0 Å². The van der Waals surface area contributed by atoms with Crippen molar-refractivity contribution < 1.29 is 44.8 Å². The monoisotopic (exact) mass is 570 g/mol. The average molecular weight is 571 g/mol. The first-order chi connectivity index (χ1) is 15.5. The SMILES string of the molecule is Cc1cc(CC(C)C)c([O][Ti][C]2=C(c3c(F)c(F)c(F)c(F)c3F)C=CC2)c(CC(C)C)c1.Cl.Cl. The van der Waals surface area contributed by atoms with Gasteiger partial charge in [0.25, 0.3) is 0 Å². The second-order valence-corrected chi connectivity index (χ2v) is 10.8. The van der Waals surface area contributed by atoms with Gasteiger partial charge in [0, 0.05) is 0 Å². The standard InChI is InChI=1S/C15H24O.C11H4F5.2ClH.Ti/c1-10(2)6-13-8-12(5)9-14(15(13)16)7-11(3)4;12-7-6(5-3-1-2-4-5)8(13)10(15)11(16)9(7)14;;;/h8-11,16H,6-7H2,1-5H3;1,3H,2H2;2*1H;/q;;;;+1/p-1. The fourth-order valence-corrected chi connectivity index (χ4v) is 5.61. The Bertz CT molecular complexity index is 1070. The van der Waals surface area contributed by atoms with Crippen LogP contribution in [0.15, 0.2) is 28.2 Å². The fraction of sp³-hybridized carbons (Fsp3) is 0.385. The number of hydrogen-bond acceptors (Lipinski definition) is 1. The summed E-state index contributed by atoms with van der Waals surface area (Å²) in [5.41, 5.74) is 2.45. The van der Waals surface area contributed by atoms with E-state index in [9.17, 15) is 22.0 Å². The summed E-state index contributed by atoms with van der Waals surface area (Å²) < 4.78 is 76.9. The van der Waals surface area contributed by atoms with E-state index in [0.717, 1.165) is 35.3 Å². The van der Waals surface area contributed by atoms with Gasteiger partial charge in [-0.25, -0.2) is 0 Å². The Kier molecular flexibility index (Phi) is 12.0. The molecule has 0 saturated heterocycles. The van der Waals surface area contributed by atoms with Crippen LogP contribution in [-0.2, 0) is 32.4 Å². The van der Waals surface area contributed by atoms with Crippen LogP contribution >= 0.6 is 24.8 Å². The number of benzene rings is 2. The molecule has 0 aliphatic heterocycles. The Balaban J connectivity index is 0.00000306. The Labute approximate surface area is 225 Å². The minimum atomic E-state index is -2.15. The molecule has 0 amide bonds. The summed E-state index contributed by atoms with van der Waals surface area (Å²) in [4.78, 5) is 0. The number of hydrogen-bond donors (Lipinski definition) is 0. The van der Waals surface area contributed by atoms with E-state index in [2.05, 4.69) is 39.8 Å². The van der Waals surface area contributed by atoms with Crippen molar-refractivity contribution in [2.45, 2.75) is 53.9 Å². The zero-order valence-corrected chi connectivity index (χ0v) is 23.4. The van der Waals surface area contributed by atoms with Gasteiger partial charge in [-0.15, -0.1) is 24.8 Å². The zero-order chi connectivity index (χ0) is 24.4. The molecule has 2 aromatic rings. The molecule has 0 unspecified atom stereocenters. The van der Waals surface area contributed by atoms with Gasteiger partial charge in [-0.1, -0.05) is 0 Å². The van der Waals surface area contributed by atoms with Crippen LogP contribution in [0.4, 0.5) is 22.0 Å². The quantitative estimate of drug-likeness (QED) is 0.133. The first kappa shape index (κ1) is 31.7. The molecule has 0 fully saturated rings. The first-order valence-corrected chi connectivity index (χ1v) is 12.4. The van der Waals surface area contributed by atoms with Crippen molar-refractivity contribution in [3.63, 3.8) is 0 Å². The summed E-state index contributed by atoms with van der Waals surface area (Å²) in [7, 11) is 0. The van der Waals surface area contributed by atoms with Crippen LogP contribution < -0.4 is 3.32 Å². The molecule has 35 heavy (non-hydrogen) atoms. The molecule has 3 rings (SSSR count). The molecule has 0 aromatic heterocycles. The van der Waals surface area contributed by atoms with Crippen LogP contribution in [0.2, 0.25) is 0 Å². The van der Waals surface area contributed by atoms with Gasteiger partial charge in [-0.3, -0.25) is 0 Å². The minimum absolute atomic E-state index is 0. The van der Waals surface area contributed by atoms with Gasteiger partial charge in [0.05, 0.1) is 0 Å². The molecule has 1 aliphatic rings. The van der Waals surface area contributed by atoms with Gasteiger partial charge >= 0.3 is 201 Å². The summed E-state index contributed by atoms with van der Waals surface area (Å²) >= 11 is -1.39. The Morgan fingerprint density at radius 3 is 1.71 bits per heavy atom. The predicted octanol–water partition coefficient (Wildman–Crippen LogP) is 8.68. The van der Waals surface area contributed by atoms with E-state index in [4.69, 9.17) is 3.32 Å². The van der Waals surface area contributed by atoms with Gasteiger partial charge in [0.1, 0.15) is 0 Å². The van der Waals surface area contributed by atoms with Crippen molar-refractivity contribution in [1.82, 2.24) is 0 Å². The number of halogens is 7. The molecular weight excluding hydrogens is 542 g/mol. The predicted molar refractivity (Wildman–Crippen MR) is 130 cm³/mol. The van der Waals surface area contributed by atoms with Crippen molar-refractivity contribution >= 4 is 30.4 Å². The first-order valence-electron chi connectivity index (χ1n) is 11.0. The summed E-state index contributed by atoms with van der Waals surface area (Å²) in [6.07, 6.45) is 5.07. The summed E-state index contributed by atoms with van der Waals surface area (Å²) in [6.45, 7) is 10.5. The number of rotatable bonds is 8. The minimum Gasteiger partial charge on any atom is -0.147 e. The van der Waals surface area contributed by atoms with Crippen molar-refractivity contribution in [1.29, 1.82) is 0 Å². The fourth-order valence-electron chi connectivity index (χ4n) is 4.03. The molecule has 0 bridgehead atoms. The number of allylic oxidation sites excluding steroid dienone is 4. The maximum absolute atomic E-state index is 14.4. The third-order valence-electron chi connectivity index (χ3n) is 5.33. The second kappa shape index (κ2) is 13.3. The normalized spacial score (nSPS) is 12.8. The molecule has 2 aromatic carbocycles. The third-order valence-corrected chi connectivity index (χ3v) is 6.93. The van der Waals surface area contributed by atoms with Gasteiger partial charge in [0.2, 0.25) is 0 Å². The van der Waals surface area contributed by atoms with Crippen LogP contribution in [0.5, 0.6) is 5.75 Å². The molecule has 0 N–H and O–H groups in total. The molecule has 1 nitrogen and oxygen atoms in total. The van der Waals surface area contributed by atoms with E-state index < -0.39 is 54.2 Å². The summed E-state index contributed by atoms with van der Waals surface area (Å²) in [5, 5.41) is 0. The van der Waals surface area contributed by atoms with E-state index in [0.29, 0.717) is 22.1 Å². The third kappa shape index (κ3) is 7.12. The van der Waals surface area contributed by atoms with Crippen LogP contribution in [0, 0.1) is 47.8 Å². The second-order valence-electron chi connectivity index (χ2n) is 9.26. The molecule has 0 atom stereocenters. The van der Waals surface area contributed by atoms with Gasteiger partial charge in [0.15, 0.2) is 0 Å². The Morgan fingerprint density at radius 1 is 0.800 bits per heavy atom.